The highest BCUT2D eigenvalue weighted by Gasteiger charge is 2.19. The Balaban J connectivity index is 4.11. The molecule has 0 spiro atoms. The Labute approximate surface area is 493 Å². The first-order valence-corrected chi connectivity index (χ1v) is 35.8. The smallest absolute Gasteiger partial charge is 0.306 e. The molecule has 466 valence electrons. The van der Waals surface area contributed by atoms with Crippen LogP contribution in [-0.4, -0.2) is 37.2 Å². The number of ether oxygens (including phenoxy) is 3. The monoisotopic (exact) mass is 1110 g/mol. The van der Waals surface area contributed by atoms with E-state index in [4.69, 9.17) is 14.2 Å². The molecule has 0 fully saturated rings. The SMILES string of the molecule is CCCCCCC/C=C\C/C=C\CCCCCCCCCCCCCCCCCCCCCC(=O)OCC(COC(=O)CCCCCCCCCCCCCC)OC(=O)CCCCCCCCCCCCCCCCCCCC. The molecule has 1 unspecified atom stereocenters. The van der Waals surface area contributed by atoms with Crippen molar-refractivity contribution in [2.75, 3.05) is 13.2 Å². The minimum atomic E-state index is -0.765. The van der Waals surface area contributed by atoms with Crippen molar-refractivity contribution in [2.45, 2.75) is 412 Å². The van der Waals surface area contributed by atoms with Gasteiger partial charge in [0.25, 0.3) is 0 Å². The summed E-state index contributed by atoms with van der Waals surface area (Å²) in [5.41, 5.74) is 0. The Morgan fingerprint density at radius 3 is 0.696 bits per heavy atom. The highest BCUT2D eigenvalue weighted by Crippen LogP contribution is 2.19. The van der Waals surface area contributed by atoms with Gasteiger partial charge in [0.1, 0.15) is 13.2 Å². The number of hydrogen-bond donors (Lipinski definition) is 0. The molecule has 0 saturated heterocycles. The maximum absolute atomic E-state index is 12.9. The lowest BCUT2D eigenvalue weighted by molar-refractivity contribution is -0.167. The molecule has 6 heteroatoms. The molecule has 0 aromatic rings. The van der Waals surface area contributed by atoms with Gasteiger partial charge >= 0.3 is 17.9 Å². The van der Waals surface area contributed by atoms with Gasteiger partial charge in [-0.25, -0.2) is 0 Å². The number of carbonyl (C=O) groups excluding carboxylic acids is 3. The van der Waals surface area contributed by atoms with Gasteiger partial charge in [-0.05, 0) is 51.4 Å². The van der Waals surface area contributed by atoms with Crippen LogP contribution in [0.3, 0.4) is 0 Å². The molecule has 0 radical (unpaired) electrons. The standard InChI is InChI=1S/C73H138O6/c1-4-7-10-13-16-19-22-25-27-29-31-32-33-34-35-36-37-38-39-40-41-42-43-45-46-48-51-54-57-60-63-66-72(75)78-69-70(68-77-71(74)65-62-59-56-53-50-24-21-18-15-12-9-6-3)79-73(76)67-64-61-58-55-52-49-47-44-30-28-26-23-20-17-14-11-8-5-2/h22,25,29,31,70H,4-21,23-24,26-28,30,32-69H2,1-3H3/b25-22-,31-29-. The lowest BCUT2D eigenvalue weighted by atomic mass is 10.0. The quantitative estimate of drug-likeness (QED) is 0.0261. The normalized spacial score (nSPS) is 12.1. The van der Waals surface area contributed by atoms with Crippen LogP contribution < -0.4 is 0 Å². The van der Waals surface area contributed by atoms with Gasteiger partial charge in [-0.15, -0.1) is 0 Å². The number of esters is 3. The lowest BCUT2D eigenvalue weighted by Gasteiger charge is -2.18. The molecule has 0 saturated carbocycles. The average Bonchev–Trinajstić information content (AvgIpc) is 3.45. The summed E-state index contributed by atoms with van der Waals surface area (Å²) in [5, 5.41) is 0. The number of hydrogen-bond acceptors (Lipinski definition) is 6. The van der Waals surface area contributed by atoms with Crippen LogP contribution in [0, 0.1) is 0 Å². The summed E-state index contributed by atoms with van der Waals surface area (Å²) < 4.78 is 17.0. The molecule has 1 atom stereocenters. The van der Waals surface area contributed by atoms with E-state index in [9.17, 15) is 14.4 Å². The molecular formula is C73H138O6. The van der Waals surface area contributed by atoms with Crippen LogP contribution in [0.2, 0.25) is 0 Å². The topological polar surface area (TPSA) is 78.9 Å². The Bertz CT molecular complexity index is 1270. The van der Waals surface area contributed by atoms with Crippen LogP contribution in [0.1, 0.15) is 406 Å². The van der Waals surface area contributed by atoms with Crippen molar-refractivity contribution in [1.29, 1.82) is 0 Å². The van der Waals surface area contributed by atoms with Gasteiger partial charge in [0.2, 0.25) is 0 Å². The van der Waals surface area contributed by atoms with Gasteiger partial charge in [0.15, 0.2) is 6.10 Å². The zero-order valence-corrected chi connectivity index (χ0v) is 53.7. The molecule has 0 bridgehead atoms. The van der Waals surface area contributed by atoms with Gasteiger partial charge in [-0.1, -0.05) is 360 Å². The van der Waals surface area contributed by atoms with E-state index in [0.717, 1.165) is 64.2 Å². The molecule has 0 aromatic carbocycles. The first kappa shape index (κ1) is 76.9. The van der Waals surface area contributed by atoms with Crippen LogP contribution in [0.15, 0.2) is 24.3 Å². The number of rotatable bonds is 67. The van der Waals surface area contributed by atoms with E-state index in [0.29, 0.717) is 19.3 Å². The van der Waals surface area contributed by atoms with Gasteiger partial charge < -0.3 is 14.2 Å². The summed E-state index contributed by atoms with van der Waals surface area (Å²) in [6, 6.07) is 0. The molecule has 0 aromatic heterocycles. The first-order chi connectivity index (χ1) is 39.0. The average molecular weight is 1110 g/mol. The van der Waals surface area contributed by atoms with Crippen LogP contribution in [0.4, 0.5) is 0 Å². The molecule has 0 aliphatic carbocycles. The van der Waals surface area contributed by atoms with E-state index < -0.39 is 6.10 Å². The number of carbonyl (C=O) groups is 3. The predicted molar refractivity (Wildman–Crippen MR) is 344 cm³/mol. The number of allylic oxidation sites excluding steroid dienone is 4. The second-order valence-electron chi connectivity index (χ2n) is 24.5. The third kappa shape index (κ3) is 66.6. The third-order valence-corrected chi connectivity index (χ3v) is 16.5. The summed E-state index contributed by atoms with van der Waals surface area (Å²) >= 11 is 0. The van der Waals surface area contributed by atoms with E-state index in [1.807, 2.05) is 0 Å². The maximum atomic E-state index is 12.9. The third-order valence-electron chi connectivity index (χ3n) is 16.5. The van der Waals surface area contributed by atoms with Crippen LogP contribution in [0.5, 0.6) is 0 Å². The fourth-order valence-electron chi connectivity index (χ4n) is 11.1. The summed E-state index contributed by atoms with van der Waals surface area (Å²) in [6.45, 7) is 6.71. The molecular weight excluding hydrogens is 973 g/mol. The summed E-state index contributed by atoms with van der Waals surface area (Å²) in [6.07, 6.45) is 83.6. The Morgan fingerprint density at radius 1 is 0.253 bits per heavy atom. The van der Waals surface area contributed by atoms with Crippen molar-refractivity contribution in [2.24, 2.45) is 0 Å². The lowest BCUT2D eigenvalue weighted by Crippen LogP contribution is -2.30. The van der Waals surface area contributed by atoms with Crippen LogP contribution in [-0.2, 0) is 28.6 Å². The Morgan fingerprint density at radius 2 is 0.456 bits per heavy atom. The fraction of sp³-hybridized carbons (Fsp3) is 0.904. The molecule has 0 N–H and O–H groups in total. The van der Waals surface area contributed by atoms with Crippen molar-refractivity contribution >= 4 is 17.9 Å². The van der Waals surface area contributed by atoms with Crippen LogP contribution in [0.25, 0.3) is 0 Å². The maximum Gasteiger partial charge on any atom is 0.306 e. The van der Waals surface area contributed by atoms with Gasteiger partial charge in [0, 0.05) is 19.3 Å². The van der Waals surface area contributed by atoms with Crippen molar-refractivity contribution in [3.05, 3.63) is 24.3 Å². The molecule has 0 heterocycles. The van der Waals surface area contributed by atoms with Gasteiger partial charge in [-0.3, -0.25) is 14.4 Å². The summed E-state index contributed by atoms with van der Waals surface area (Å²) in [7, 11) is 0. The van der Waals surface area contributed by atoms with Crippen molar-refractivity contribution in [3.8, 4) is 0 Å². The largest absolute Gasteiger partial charge is 0.462 e. The molecule has 0 rings (SSSR count). The first-order valence-electron chi connectivity index (χ1n) is 35.8. The van der Waals surface area contributed by atoms with E-state index in [-0.39, 0.29) is 31.1 Å². The Hall–Kier alpha value is -2.11. The predicted octanol–water partition coefficient (Wildman–Crippen LogP) is 24.6. The Kier molecular flexibility index (Phi) is 66.6. The van der Waals surface area contributed by atoms with E-state index in [1.54, 1.807) is 0 Å². The molecule has 0 amide bonds. The fourth-order valence-corrected chi connectivity index (χ4v) is 11.1. The minimum Gasteiger partial charge on any atom is -0.462 e. The van der Waals surface area contributed by atoms with Gasteiger partial charge in [0.05, 0.1) is 0 Å². The van der Waals surface area contributed by atoms with Crippen molar-refractivity contribution in [1.82, 2.24) is 0 Å². The summed E-state index contributed by atoms with van der Waals surface area (Å²) in [4.78, 5) is 38.4. The van der Waals surface area contributed by atoms with Crippen molar-refractivity contribution in [3.63, 3.8) is 0 Å². The number of unbranched alkanes of at least 4 members (excludes halogenated alkanes) is 52. The molecule has 0 aliphatic rings. The second-order valence-corrected chi connectivity index (χ2v) is 24.5. The molecule has 79 heavy (non-hydrogen) atoms. The van der Waals surface area contributed by atoms with Crippen LogP contribution >= 0.6 is 0 Å². The molecule has 6 nitrogen and oxygen atoms in total. The second kappa shape index (κ2) is 68.4. The minimum absolute atomic E-state index is 0.0630. The van der Waals surface area contributed by atoms with Gasteiger partial charge in [-0.2, -0.15) is 0 Å². The van der Waals surface area contributed by atoms with E-state index >= 15 is 0 Å². The van der Waals surface area contributed by atoms with Crippen molar-refractivity contribution < 1.29 is 28.6 Å². The highest BCUT2D eigenvalue weighted by molar-refractivity contribution is 5.71. The van der Waals surface area contributed by atoms with E-state index in [1.165, 1.54) is 302 Å². The summed E-state index contributed by atoms with van der Waals surface area (Å²) in [5.74, 6) is -0.829. The highest BCUT2D eigenvalue weighted by atomic mass is 16.6. The molecule has 0 aliphatic heterocycles. The van der Waals surface area contributed by atoms with E-state index in [2.05, 4.69) is 45.1 Å². The zero-order valence-electron chi connectivity index (χ0n) is 53.7. The zero-order chi connectivity index (χ0) is 57.1.